The van der Waals surface area contributed by atoms with E-state index in [0.29, 0.717) is 18.1 Å². The Hall–Kier alpha value is -1.07. The number of nitrogens with one attached hydrogen (secondary N) is 2. The van der Waals surface area contributed by atoms with E-state index in [-0.39, 0.29) is 0 Å². The van der Waals surface area contributed by atoms with Crippen LogP contribution < -0.4 is 10.6 Å². The third-order valence-electron chi connectivity index (χ3n) is 2.47. The summed E-state index contributed by atoms with van der Waals surface area (Å²) in [5, 5.41) is 6.62. The number of alkyl carbamates (subject to hydrolysis) is 1. The first-order chi connectivity index (χ1) is 9.28. The second-order valence-electron chi connectivity index (χ2n) is 5.49. The van der Waals surface area contributed by atoms with Gasteiger partial charge in [0.05, 0.1) is 0 Å². The summed E-state index contributed by atoms with van der Waals surface area (Å²) in [5.74, 6) is 0. The van der Waals surface area contributed by atoms with Gasteiger partial charge in [0, 0.05) is 18.1 Å². The van der Waals surface area contributed by atoms with Gasteiger partial charge in [-0.25, -0.2) is 4.79 Å². The fourth-order valence-corrected chi connectivity index (χ4v) is 2.00. The number of thiocarbonyl (C=S) groups is 1. The molecule has 1 aliphatic rings. The van der Waals surface area contributed by atoms with E-state index in [4.69, 9.17) is 28.6 Å². The first kappa shape index (κ1) is 17.0. The molecule has 0 aromatic rings. The van der Waals surface area contributed by atoms with Crippen molar-refractivity contribution in [2.75, 3.05) is 13.1 Å². The molecule has 0 fully saturated rings. The Labute approximate surface area is 130 Å². The SMILES string of the molecule is CC(C)(C)OC(=O)NCCNC(=S)C1=CC=C(Cl)CC1. The highest BCUT2D eigenvalue weighted by molar-refractivity contribution is 7.80. The van der Waals surface area contributed by atoms with Gasteiger partial charge in [0.2, 0.25) is 0 Å². The van der Waals surface area contributed by atoms with Crippen molar-refractivity contribution in [1.29, 1.82) is 0 Å². The van der Waals surface area contributed by atoms with Crippen molar-refractivity contribution in [1.82, 2.24) is 10.6 Å². The summed E-state index contributed by atoms with van der Waals surface area (Å²) in [6.07, 6.45) is 5.05. The van der Waals surface area contributed by atoms with E-state index in [1.54, 1.807) is 0 Å². The van der Waals surface area contributed by atoms with Crippen LogP contribution in [0.2, 0.25) is 0 Å². The van der Waals surface area contributed by atoms with Crippen molar-refractivity contribution in [2.45, 2.75) is 39.2 Å². The molecule has 0 aromatic carbocycles. The van der Waals surface area contributed by atoms with Gasteiger partial charge >= 0.3 is 6.09 Å². The Morgan fingerprint density at radius 1 is 1.30 bits per heavy atom. The number of carbonyl (C=O) groups is 1. The van der Waals surface area contributed by atoms with E-state index in [9.17, 15) is 4.79 Å². The molecule has 0 heterocycles. The minimum absolute atomic E-state index is 0.420. The minimum atomic E-state index is -0.481. The highest BCUT2D eigenvalue weighted by Crippen LogP contribution is 2.21. The van der Waals surface area contributed by atoms with E-state index in [1.165, 1.54) is 0 Å². The number of carbonyl (C=O) groups excluding carboxylic acids is 1. The monoisotopic (exact) mass is 316 g/mol. The van der Waals surface area contributed by atoms with E-state index in [2.05, 4.69) is 10.6 Å². The summed E-state index contributed by atoms with van der Waals surface area (Å²) in [4.78, 5) is 12.1. The number of rotatable bonds is 4. The van der Waals surface area contributed by atoms with Gasteiger partial charge in [-0.05, 0) is 45.3 Å². The molecule has 6 heteroatoms. The van der Waals surface area contributed by atoms with E-state index in [0.717, 1.165) is 23.4 Å². The molecule has 112 valence electrons. The molecule has 1 amide bonds. The average molecular weight is 317 g/mol. The Morgan fingerprint density at radius 3 is 2.50 bits per heavy atom. The van der Waals surface area contributed by atoms with E-state index in [1.807, 2.05) is 32.9 Å². The number of ether oxygens (including phenoxy) is 1. The molecule has 4 nitrogen and oxygen atoms in total. The summed E-state index contributed by atoms with van der Waals surface area (Å²) in [7, 11) is 0. The number of hydrogen-bond donors (Lipinski definition) is 2. The summed E-state index contributed by atoms with van der Waals surface area (Å²) in [5.41, 5.74) is 0.590. The number of hydrogen-bond acceptors (Lipinski definition) is 3. The Balaban J connectivity index is 2.22. The van der Waals surface area contributed by atoms with Gasteiger partial charge in [0.1, 0.15) is 10.6 Å². The van der Waals surface area contributed by atoms with E-state index < -0.39 is 11.7 Å². The van der Waals surface area contributed by atoms with Crippen LogP contribution in [-0.2, 0) is 4.74 Å². The van der Waals surface area contributed by atoms with Crippen LogP contribution >= 0.6 is 23.8 Å². The average Bonchev–Trinajstić information content (AvgIpc) is 2.33. The molecule has 0 saturated heterocycles. The quantitative estimate of drug-likeness (QED) is 0.617. The van der Waals surface area contributed by atoms with Crippen molar-refractivity contribution in [3.05, 3.63) is 22.8 Å². The molecule has 1 aliphatic carbocycles. The largest absolute Gasteiger partial charge is 0.444 e. The zero-order valence-corrected chi connectivity index (χ0v) is 13.7. The third-order valence-corrected chi connectivity index (χ3v) is 3.19. The van der Waals surface area contributed by atoms with Crippen molar-refractivity contribution in [3.63, 3.8) is 0 Å². The zero-order chi connectivity index (χ0) is 15.2. The topological polar surface area (TPSA) is 50.4 Å². The van der Waals surface area contributed by atoms with Gasteiger partial charge in [-0.1, -0.05) is 29.9 Å². The van der Waals surface area contributed by atoms with Gasteiger partial charge in [-0.15, -0.1) is 0 Å². The lowest BCUT2D eigenvalue weighted by molar-refractivity contribution is 0.0529. The fourth-order valence-electron chi connectivity index (χ4n) is 1.57. The maximum absolute atomic E-state index is 11.4. The summed E-state index contributed by atoms with van der Waals surface area (Å²) < 4.78 is 5.13. The molecular formula is C14H21ClN2O2S. The fraction of sp³-hybridized carbons (Fsp3) is 0.571. The van der Waals surface area contributed by atoms with Crippen LogP contribution in [0.15, 0.2) is 22.8 Å². The highest BCUT2D eigenvalue weighted by atomic mass is 35.5. The molecule has 2 N–H and O–H groups in total. The van der Waals surface area contributed by atoms with Crippen molar-refractivity contribution < 1.29 is 9.53 Å². The van der Waals surface area contributed by atoms with Gasteiger partial charge in [0.15, 0.2) is 0 Å². The van der Waals surface area contributed by atoms with Crippen molar-refractivity contribution >= 4 is 34.9 Å². The first-order valence-electron chi connectivity index (χ1n) is 6.58. The number of allylic oxidation sites excluding steroid dienone is 3. The second-order valence-corrected chi connectivity index (χ2v) is 6.38. The maximum Gasteiger partial charge on any atom is 0.407 e. The smallest absolute Gasteiger partial charge is 0.407 e. The molecular weight excluding hydrogens is 296 g/mol. The predicted octanol–water partition coefficient (Wildman–Crippen LogP) is 3.27. The molecule has 0 spiro atoms. The van der Waals surface area contributed by atoms with Crippen LogP contribution in [0, 0.1) is 0 Å². The highest BCUT2D eigenvalue weighted by Gasteiger charge is 2.15. The molecule has 0 bridgehead atoms. The zero-order valence-electron chi connectivity index (χ0n) is 12.1. The van der Waals surface area contributed by atoms with E-state index >= 15 is 0 Å². The molecule has 0 atom stereocenters. The first-order valence-corrected chi connectivity index (χ1v) is 7.37. The Morgan fingerprint density at radius 2 is 1.95 bits per heavy atom. The van der Waals surface area contributed by atoms with Crippen molar-refractivity contribution in [2.24, 2.45) is 0 Å². The van der Waals surface area contributed by atoms with Crippen LogP contribution in [0.5, 0.6) is 0 Å². The third kappa shape index (κ3) is 6.91. The summed E-state index contributed by atoms with van der Waals surface area (Å²) >= 11 is 11.2. The molecule has 0 radical (unpaired) electrons. The lowest BCUT2D eigenvalue weighted by Crippen LogP contribution is -2.37. The lowest BCUT2D eigenvalue weighted by Gasteiger charge is -2.20. The summed E-state index contributed by atoms with van der Waals surface area (Å²) in [6, 6.07) is 0. The van der Waals surface area contributed by atoms with Crippen LogP contribution in [0.4, 0.5) is 4.79 Å². The molecule has 1 rings (SSSR count). The molecule has 20 heavy (non-hydrogen) atoms. The van der Waals surface area contributed by atoms with Gasteiger partial charge < -0.3 is 15.4 Å². The maximum atomic E-state index is 11.4. The standard InChI is InChI=1S/C14H21ClN2O2S/c1-14(2,3)19-13(18)17-9-8-16-12(20)10-4-6-11(15)7-5-10/h4,6H,5,7-9H2,1-3H3,(H,16,20)(H,17,18). The van der Waals surface area contributed by atoms with Crippen LogP contribution in [0.3, 0.4) is 0 Å². The molecule has 0 unspecified atom stereocenters. The molecule has 0 aromatic heterocycles. The van der Waals surface area contributed by atoms with Crippen LogP contribution in [0.25, 0.3) is 0 Å². The number of halogens is 1. The second kappa shape index (κ2) is 7.64. The van der Waals surface area contributed by atoms with Gasteiger partial charge in [-0.2, -0.15) is 0 Å². The molecule has 0 aliphatic heterocycles. The van der Waals surface area contributed by atoms with Gasteiger partial charge in [0.25, 0.3) is 0 Å². The Bertz CT molecular complexity index is 439. The number of amides is 1. The Kier molecular flexibility index (Phi) is 6.49. The lowest BCUT2D eigenvalue weighted by atomic mass is 10.1. The van der Waals surface area contributed by atoms with Crippen LogP contribution in [0.1, 0.15) is 33.6 Å². The molecule has 0 saturated carbocycles. The summed E-state index contributed by atoms with van der Waals surface area (Å²) in [6.45, 7) is 6.50. The minimum Gasteiger partial charge on any atom is -0.444 e. The van der Waals surface area contributed by atoms with Gasteiger partial charge in [-0.3, -0.25) is 0 Å². The van der Waals surface area contributed by atoms with Crippen LogP contribution in [-0.4, -0.2) is 29.8 Å². The van der Waals surface area contributed by atoms with Crippen molar-refractivity contribution in [3.8, 4) is 0 Å². The normalized spacial score (nSPS) is 15.0. The predicted molar refractivity (Wildman–Crippen MR) is 86.1 cm³/mol.